The van der Waals surface area contributed by atoms with Crippen molar-refractivity contribution in [2.45, 2.75) is 77.4 Å². The molecule has 0 bridgehead atoms. The quantitative estimate of drug-likeness (QED) is 0.816. The summed E-state index contributed by atoms with van der Waals surface area (Å²) in [4.78, 5) is 14.2. The molecule has 3 nitrogen and oxygen atoms in total. The lowest BCUT2D eigenvalue weighted by Crippen LogP contribution is -2.38. The molecule has 0 radical (unpaired) electrons. The lowest BCUT2D eigenvalue weighted by Gasteiger charge is -2.28. The number of rotatable bonds is 5. The molecule has 104 valence electrons. The molecule has 2 rings (SSSR count). The molecule has 1 aliphatic heterocycles. The van der Waals surface area contributed by atoms with E-state index in [9.17, 15) is 4.79 Å². The highest BCUT2D eigenvalue weighted by atomic mass is 16.2. The number of carbonyl (C=O) groups excluding carboxylic acids is 1. The van der Waals surface area contributed by atoms with Gasteiger partial charge >= 0.3 is 0 Å². The number of carbonyl (C=O) groups is 1. The predicted molar refractivity (Wildman–Crippen MR) is 74.2 cm³/mol. The van der Waals surface area contributed by atoms with Gasteiger partial charge < -0.3 is 4.90 Å². The third-order valence-corrected chi connectivity index (χ3v) is 4.54. The largest absolute Gasteiger partial charge is 0.326 e. The summed E-state index contributed by atoms with van der Waals surface area (Å²) in [5, 5.41) is 3.42. The lowest BCUT2D eigenvalue weighted by atomic mass is 9.87. The van der Waals surface area contributed by atoms with E-state index in [1.54, 1.807) is 0 Å². The summed E-state index contributed by atoms with van der Waals surface area (Å²) < 4.78 is 0. The number of hydrogen-bond donors (Lipinski definition) is 1. The summed E-state index contributed by atoms with van der Waals surface area (Å²) in [6.07, 6.45) is 10.7. The van der Waals surface area contributed by atoms with Crippen LogP contribution in [0.25, 0.3) is 0 Å². The fourth-order valence-electron chi connectivity index (χ4n) is 3.43. The van der Waals surface area contributed by atoms with Gasteiger partial charge in [0.2, 0.25) is 5.91 Å². The molecule has 1 saturated carbocycles. The Morgan fingerprint density at radius 3 is 2.61 bits per heavy atom. The minimum Gasteiger partial charge on any atom is -0.326 e. The highest BCUT2D eigenvalue weighted by Gasteiger charge is 2.35. The number of nitrogens with zero attached hydrogens (tertiary/aromatic N) is 1. The second-order valence-corrected chi connectivity index (χ2v) is 6.02. The number of hydrogen-bond acceptors (Lipinski definition) is 2. The van der Waals surface area contributed by atoms with E-state index in [-0.39, 0.29) is 6.04 Å². The molecule has 18 heavy (non-hydrogen) atoms. The summed E-state index contributed by atoms with van der Waals surface area (Å²) in [5.41, 5.74) is 0. The topological polar surface area (TPSA) is 32.3 Å². The van der Waals surface area contributed by atoms with Crippen LogP contribution < -0.4 is 5.32 Å². The normalized spacial score (nSPS) is 30.1. The van der Waals surface area contributed by atoms with Gasteiger partial charge in [-0.25, -0.2) is 0 Å². The maximum atomic E-state index is 12.1. The van der Waals surface area contributed by atoms with Gasteiger partial charge in [-0.3, -0.25) is 10.1 Å². The van der Waals surface area contributed by atoms with E-state index in [4.69, 9.17) is 0 Å². The monoisotopic (exact) mass is 252 g/mol. The number of nitrogens with one attached hydrogen (secondary N) is 1. The SMILES string of the molecule is CCCC1NC(C)C(=O)N1CCC1CCCCC1. The molecule has 0 aromatic rings. The van der Waals surface area contributed by atoms with E-state index in [1.807, 2.05) is 6.92 Å². The first kappa shape index (κ1) is 13.9. The van der Waals surface area contributed by atoms with Crippen LogP contribution >= 0.6 is 0 Å². The van der Waals surface area contributed by atoms with Crippen LogP contribution in [0.2, 0.25) is 0 Å². The average molecular weight is 252 g/mol. The van der Waals surface area contributed by atoms with Gasteiger partial charge in [-0.2, -0.15) is 0 Å². The Kier molecular flexibility index (Phi) is 5.04. The van der Waals surface area contributed by atoms with Crippen molar-refractivity contribution in [3.63, 3.8) is 0 Å². The molecule has 1 N–H and O–H groups in total. The van der Waals surface area contributed by atoms with E-state index in [0.717, 1.165) is 25.3 Å². The fraction of sp³-hybridized carbons (Fsp3) is 0.933. The summed E-state index contributed by atoms with van der Waals surface area (Å²) in [7, 11) is 0. The van der Waals surface area contributed by atoms with Gasteiger partial charge in [0.25, 0.3) is 0 Å². The fourth-order valence-corrected chi connectivity index (χ4v) is 3.43. The molecule has 3 heteroatoms. The van der Waals surface area contributed by atoms with Crippen LogP contribution in [0.1, 0.15) is 65.2 Å². The zero-order chi connectivity index (χ0) is 13.0. The van der Waals surface area contributed by atoms with Crippen molar-refractivity contribution < 1.29 is 4.79 Å². The van der Waals surface area contributed by atoms with Crippen LogP contribution in [0.5, 0.6) is 0 Å². The Labute approximate surface area is 111 Å². The summed E-state index contributed by atoms with van der Waals surface area (Å²) in [6, 6.07) is 0.0212. The molecule has 2 atom stereocenters. The highest BCUT2D eigenvalue weighted by molar-refractivity contribution is 5.83. The Hall–Kier alpha value is -0.570. The minimum atomic E-state index is 0.0212. The standard InChI is InChI=1S/C15H28N2O/c1-3-7-14-16-12(2)15(18)17(14)11-10-13-8-5-4-6-9-13/h12-14,16H,3-11H2,1-2H3. The molecule has 1 heterocycles. The lowest BCUT2D eigenvalue weighted by molar-refractivity contribution is -0.130. The van der Waals surface area contributed by atoms with Crippen molar-refractivity contribution in [3.05, 3.63) is 0 Å². The van der Waals surface area contributed by atoms with Gasteiger partial charge in [0.05, 0.1) is 12.2 Å². The van der Waals surface area contributed by atoms with Gasteiger partial charge in [0, 0.05) is 6.54 Å². The maximum Gasteiger partial charge on any atom is 0.240 e. The summed E-state index contributed by atoms with van der Waals surface area (Å²) in [5.74, 6) is 1.17. The Bertz CT molecular complexity index is 274. The molecular formula is C15H28N2O. The molecule has 0 aromatic carbocycles. The van der Waals surface area contributed by atoms with Crippen LogP contribution in [0.15, 0.2) is 0 Å². The van der Waals surface area contributed by atoms with Crippen molar-refractivity contribution in [2.75, 3.05) is 6.54 Å². The van der Waals surface area contributed by atoms with Gasteiger partial charge in [-0.15, -0.1) is 0 Å². The van der Waals surface area contributed by atoms with E-state index in [1.165, 1.54) is 38.5 Å². The Balaban J connectivity index is 1.83. The first-order valence-electron chi connectivity index (χ1n) is 7.79. The molecule has 1 aliphatic carbocycles. The minimum absolute atomic E-state index is 0.0212. The molecule has 2 fully saturated rings. The molecule has 1 amide bonds. The summed E-state index contributed by atoms with van der Waals surface area (Å²) >= 11 is 0. The Morgan fingerprint density at radius 2 is 1.94 bits per heavy atom. The highest BCUT2D eigenvalue weighted by Crippen LogP contribution is 2.27. The van der Waals surface area contributed by atoms with Crippen LogP contribution in [0.3, 0.4) is 0 Å². The van der Waals surface area contributed by atoms with Crippen molar-refractivity contribution in [3.8, 4) is 0 Å². The smallest absolute Gasteiger partial charge is 0.240 e. The number of amides is 1. The van der Waals surface area contributed by atoms with E-state index >= 15 is 0 Å². The summed E-state index contributed by atoms with van der Waals surface area (Å²) in [6.45, 7) is 5.14. The van der Waals surface area contributed by atoms with Crippen LogP contribution in [0, 0.1) is 5.92 Å². The van der Waals surface area contributed by atoms with Gasteiger partial charge in [-0.05, 0) is 25.7 Å². The van der Waals surface area contributed by atoms with E-state index < -0.39 is 0 Å². The van der Waals surface area contributed by atoms with Gasteiger partial charge in [0.1, 0.15) is 0 Å². The second-order valence-electron chi connectivity index (χ2n) is 6.02. The second kappa shape index (κ2) is 6.55. The van der Waals surface area contributed by atoms with Crippen LogP contribution in [-0.4, -0.2) is 29.6 Å². The zero-order valence-electron chi connectivity index (χ0n) is 12.0. The van der Waals surface area contributed by atoms with Crippen LogP contribution in [-0.2, 0) is 4.79 Å². The molecule has 0 aromatic heterocycles. The third-order valence-electron chi connectivity index (χ3n) is 4.54. The van der Waals surface area contributed by atoms with Crippen molar-refractivity contribution in [1.82, 2.24) is 10.2 Å². The van der Waals surface area contributed by atoms with Crippen LogP contribution in [0.4, 0.5) is 0 Å². The Morgan fingerprint density at radius 1 is 1.22 bits per heavy atom. The van der Waals surface area contributed by atoms with Gasteiger partial charge in [-0.1, -0.05) is 45.4 Å². The maximum absolute atomic E-state index is 12.1. The zero-order valence-corrected chi connectivity index (χ0v) is 12.0. The third kappa shape index (κ3) is 3.25. The molecule has 1 saturated heterocycles. The molecular weight excluding hydrogens is 224 g/mol. The first-order chi connectivity index (χ1) is 8.72. The van der Waals surface area contributed by atoms with E-state index in [0.29, 0.717) is 12.1 Å². The molecule has 2 aliphatic rings. The molecule has 0 spiro atoms. The van der Waals surface area contributed by atoms with Crippen molar-refractivity contribution >= 4 is 5.91 Å². The average Bonchev–Trinajstić information content (AvgIpc) is 2.65. The first-order valence-corrected chi connectivity index (χ1v) is 7.79. The predicted octanol–water partition coefficient (Wildman–Crippen LogP) is 2.90. The molecule has 2 unspecified atom stereocenters. The van der Waals surface area contributed by atoms with Crippen molar-refractivity contribution in [1.29, 1.82) is 0 Å². The van der Waals surface area contributed by atoms with Crippen molar-refractivity contribution in [2.24, 2.45) is 5.92 Å². The van der Waals surface area contributed by atoms with Gasteiger partial charge in [0.15, 0.2) is 0 Å². The van der Waals surface area contributed by atoms with E-state index in [2.05, 4.69) is 17.1 Å².